The fraction of sp³-hybridized carbons (Fsp3) is 0.750. The van der Waals surface area contributed by atoms with Crippen molar-refractivity contribution in [2.45, 2.75) is 6.92 Å². The Kier molecular flexibility index (Phi) is 7.53. The molecule has 0 aliphatic heterocycles. The number of methoxy groups -OCH3 is 1. The molecular weight excluding hydrogens is 188 g/mol. The highest BCUT2D eigenvalue weighted by molar-refractivity contribution is 5.73. The van der Waals surface area contributed by atoms with Gasteiger partial charge in [-0.1, -0.05) is 0 Å². The first-order valence-corrected chi connectivity index (χ1v) is 4.31. The molecule has 0 bridgehead atoms. The van der Waals surface area contributed by atoms with Crippen LogP contribution in [0.15, 0.2) is 0 Å². The maximum absolute atomic E-state index is 10.9. The molecule has 0 aromatic heterocycles. The van der Waals surface area contributed by atoms with Crippen molar-refractivity contribution < 1.29 is 19.1 Å². The van der Waals surface area contributed by atoms with E-state index in [4.69, 9.17) is 4.74 Å². The number of alkyl carbamates (subject to hydrolysis) is 1. The summed E-state index contributed by atoms with van der Waals surface area (Å²) in [6.45, 7) is 2.76. The van der Waals surface area contributed by atoms with Crippen LogP contribution < -0.4 is 10.6 Å². The van der Waals surface area contributed by atoms with Crippen molar-refractivity contribution in [1.82, 2.24) is 10.6 Å². The Morgan fingerprint density at radius 1 is 1.14 bits per heavy atom. The van der Waals surface area contributed by atoms with E-state index in [2.05, 4.69) is 15.4 Å². The van der Waals surface area contributed by atoms with Crippen molar-refractivity contribution in [2.75, 3.05) is 33.4 Å². The van der Waals surface area contributed by atoms with E-state index >= 15 is 0 Å². The molecule has 0 unspecified atom stereocenters. The van der Waals surface area contributed by atoms with Crippen molar-refractivity contribution in [3.8, 4) is 0 Å². The molecule has 2 N–H and O–H groups in total. The summed E-state index contributed by atoms with van der Waals surface area (Å²) in [4.78, 5) is 21.3. The number of carbonyl (C=O) groups is 2. The van der Waals surface area contributed by atoms with Gasteiger partial charge in [0.1, 0.15) is 6.61 Å². The summed E-state index contributed by atoms with van der Waals surface area (Å²) in [5, 5.41) is 5.00. The Morgan fingerprint density at radius 3 is 2.36 bits per heavy atom. The molecule has 82 valence electrons. The number of amides is 2. The summed E-state index contributed by atoms with van der Waals surface area (Å²) in [7, 11) is 1.53. The van der Waals surface area contributed by atoms with Crippen LogP contribution in [-0.2, 0) is 14.3 Å². The Bertz CT molecular complexity index is 184. The van der Waals surface area contributed by atoms with Gasteiger partial charge in [0.15, 0.2) is 0 Å². The first kappa shape index (κ1) is 12.7. The van der Waals surface area contributed by atoms with Gasteiger partial charge in [0.25, 0.3) is 0 Å². The highest BCUT2D eigenvalue weighted by atomic mass is 16.6. The molecule has 0 aliphatic carbocycles. The summed E-state index contributed by atoms with van der Waals surface area (Å²) in [6, 6.07) is 0. The first-order valence-electron chi connectivity index (χ1n) is 4.31. The number of ether oxygens (including phenoxy) is 2. The zero-order valence-corrected chi connectivity index (χ0v) is 8.46. The minimum absolute atomic E-state index is 0.125. The predicted molar refractivity (Wildman–Crippen MR) is 49.9 cm³/mol. The monoisotopic (exact) mass is 204 g/mol. The van der Waals surface area contributed by atoms with Crippen molar-refractivity contribution in [3.63, 3.8) is 0 Å². The second-order valence-corrected chi connectivity index (χ2v) is 2.54. The van der Waals surface area contributed by atoms with Crippen LogP contribution in [0, 0.1) is 0 Å². The second kappa shape index (κ2) is 8.31. The molecule has 0 rings (SSSR count). The van der Waals surface area contributed by atoms with Crippen molar-refractivity contribution >= 4 is 12.0 Å². The van der Waals surface area contributed by atoms with Gasteiger partial charge in [0, 0.05) is 27.1 Å². The van der Waals surface area contributed by atoms with Crippen LogP contribution in [0.3, 0.4) is 0 Å². The lowest BCUT2D eigenvalue weighted by molar-refractivity contribution is -0.118. The Balaban J connectivity index is 3.22. The molecule has 6 nitrogen and oxygen atoms in total. The quantitative estimate of drug-likeness (QED) is 0.571. The lowest BCUT2D eigenvalue weighted by Crippen LogP contribution is -2.34. The average molecular weight is 204 g/mol. The van der Waals surface area contributed by atoms with Gasteiger partial charge >= 0.3 is 6.09 Å². The zero-order chi connectivity index (χ0) is 10.8. The Morgan fingerprint density at radius 2 is 1.79 bits per heavy atom. The van der Waals surface area contributed by atoms with Crippen LogP contribution in [0.5, 0.6) is 0 Å². The zero-order valence-electron chi connectivity index (χ0n) is 8.46. The third-order valence-electron chi connectivity index (χ3n) is 1.29. The van der Waals surface area contributed by atoms with Gasteiger partial charge in [0.2, 0.25) is 5.91 Å². The highest BCUT2D eigenvalue weighted by Crippen LogP contribution is 1.77. The van der Waals surface area contributed by atoms with Gasteiger partial charge in [-0.3, -0.25) is 4.79 Å². The van der Waals surface area contributed by atoms with Gasteiger partial charge < -0.3 is 20.1 Å². The smallest absolute Gasteiger partial charge is 0.407 e. The second-order valence-electron chi connectivity index (χ2n) is 2.54. The molecule has 0 aromatic carbocycles. The normalized spacial score (nSPS) is 9.29. The summed E-state index contributed by atoms with van der Waals surface area (Å²) in [6.07, 6.45) is -0.507. The first-order chi connectivity index (χ1) is 6.66. The van der Waals surface area contributed by atoms with Crippen molar-refractivity contribution in [1.29, 1.82) is 0 Å². The number of carbonyl (C=O) groups excluding carboxylic acids is 2. The summed E-state index contributed by atoms with van der Waals surface area (Å²) in [5.74, 6) is -0.125. The highest BCUT2D eigenvalue weighted by Gasteiger charge is 1.99. The Hall–Kier alpha value is -1.30. The minimum Gasteiger partial charge on any atom is -0.447 e. The minimum atomic E-state index is -0.507. The van der Waals surface area contributed by atoms with Gasteiger partial charge in [-0.15, -0.1) is 0 Å². The summed E-state index contributed by atoms with van der Waals surface area (Å²) >= 11 is 0. The van der Waals surface area contributed by atoms with E-state index in [1.165, 1.54) is 14.0 Å². The molecule has 0 saturated heterocycles. The standard InChI is InChI=1S/C8H16N2O4/c1-7(11)9-3-4-10-8(12)14-6-5-13-2/h3-6H2,1-2H3,(H,9,11)(H,10,12). The molecule has 6 heteroatoms. The van der Waals surface area contributed by atoms with Crippen molar-refractivity contribution in [2.24, 2.45) is 0 Å². The van der Waals surface area contributed by atoms with Gasteiger partial charge in [-0.25, -0.2) is 4.79 Å². The molecular formula is C8H16N2O4. The van der Waals surface area contributed by atoms with E-state index in [0.717, 1.165) is 0 Å². The molecule has 0 aliphatic rings. The van der Waals surface area contributed by atoms with Gasteiger partial charge in [-0.05, 0) is 0 Å². The molecule has 0 saturated carbocycles. The van der Waals surface area contributed by atoms with Crippen LogP contribution in [0.4, 0.5) is 4.79 Å². The molecule has 0 fully saturated rings. The van der Waals surface area contributed by atoms with Crippen LogP contribution in [0.25, 0.3) is 0 Å². The summed E-state index contributed by atoms with van der Waals surface area (Å²) in [5.41, 5.74) is 0. The molecule has 0 spiro atoms. The average Bonchev–Trinajstić information content (AvgIpc) is 2.13. The molecule has 0 radical (unpaired) electrons. The SMILES string of the molecule is COCCOC(=O)NCCNC(C)=O. The van der Waals surface area contributed by atoms with E-state index in [1.807, 2.05) is 0 Å². The third-order valence-corrected chi connectivity index (χ3v) is 1.29. The molecule has 14 heavy (non-hydrogen) atoms. The maximum atomic E-state index is 10.9. The largest absolute Gasteiger partial charge is 0.447 e. The third kappa shape index (κ3) is 8.79. The topological polar surface area (TPSA) is 76.7 Å². The van der Waals surface area contributed by atoms with Crippen LogP contribution >= 0.6 is 0 Å². The molecule has 2 amide bonds. The van der Waals surface area contributed by atoms with E-state index < -0.39 is 6.09 Å². The van der Waals surface area contributed by atoms with Crippen LogP contribution in [-0.4, -0.2) is 45.4 Å². The van der Waals surface area contributed by atoms with E-state index in [1.54, 1.807) is 0 Å². The number of hydrogen-bond donors (Lipinski definition) is 2. The van der Waals surface area contributed by atoms with E-state index in [-0.39, 0.29) is 12.5 Å². The van der Waals surface area contributed by atoms with E-state index in [9.17, 15) is 9.59 Å². The van der Waals surface area contributed by atoms with Gasteiger partial charge in [0.05, 0.1) is 6.61 Å². The lowest BCUT2D eigenvalue weighted by atomic mass is 10.6. The number of rotatable bonds is 6. The van der Waals surface area contributed by atoms with Crippen LogP contribution in [0.2, 0.25) is 0 Å². The molecule has 0 aromatic rings. The summed E-state index contributed by atoms with van der Waals surface area (Å²) < 4.78 is 9.39. The van der Waals surface area contributed by atoms with E-state index in [0.29, 0.717) is 19.7 Å². The maximum Gasteiger partial charge on any atom is 0.407 e. The van der Waals surface area contributed by atoms with Crippen LogP contribution in [0.1, 0.15) is 6.92 Å². The number of hydrogen-bond acceptors (Lipinski definition) is 4. The predicted octanol–water partition coefficient (Wildman–Crippen LogP) is -0.505. The number of nitrogens with one attached hydrogen (secondary N) is 2. The molecule has 0 atom stereocenters. The fourth-order valence-electron chi connectivity index (χ4n) is 0.672. The van der Waals surface area contributed by atoms with Gasteiger partial charge in [-0.2, -0.15) is 0 Å². The molecule has 0 heterocycles. The Labute approximate surface area is 82.9 Å². The fourth-order valence-corrected chi connectivity index (χ4v) is 0.672. The lowest BCUT2D eigenvalue weighted by Gasteiger charge is -2.06. The van der Waals surface area contributed by atoms with Crippen molar-refractivity contribution in [3.05, 3.63) is 0 Å².